The lowest BCUT2D eigenvalue weighted by Gasteiger charge is -2.20. The van der Waals surface area contributed by atoms with Crippen LogP contribution in [0.5, 0.6) is 0 Å². The number of ketones is 1. The zero-order valence-corrected chi connectivity index (χ0v) is 12.5. The van der Waals surface area contributed by atoms with E-state index < -0.39 is 12.7 Å². The Kier molecular flexibility index (Phi) is 4.46. The van der Waals surface area contributed by atoms with Crippen molar-refractivity contribution < 1.29 is 18.4 Å². The molecule has 1 aliphatic carbocycles. The summed E-state index contributed by atoms with van der Waals surface area (Å²) in [6.07, 6.45) is 1.26. The van der Waals surface area contributed by atoms with Crippen LogP contribution in [0.25, 0.3) is 0 Å². The maximum atomic E-state index is 12.3. The smallest absolute Gasteiger partial charge is 0.311 e. The van der Waals surface area contributed by atoms with Gasteiger partial charge in [-0.3, -0.25) is 9.36 Å². The number of fused-ring (bicyclic) bond motifs is 1. The molecule has 0 aromatic heterocycles. The molecule has 0 N–H and O–H groups in total. The maximum Gasteiger partial charge on any atom is 0.355 e. The van der Waals surface area contributed by atoms with Gasteiger partial charge < -0.3 is 9.05 Å². The van der Waals surface area contributed by atoms with Crippen LogP contribution in [0, 0.1) is 5.92 Å². The summed E-state index contributed by atoms with van der Waals surface area (Å²) in [4.78, 5) is 12.3. The molecule has 0 spiro atoms. The number of Topliss-reactive ketones (excluding diaryl/α,β-unsaturated/α-hetero) is 1. The van der Waals surface area contributed by atoms with Crippen LogP contribution in [0.2, 0.25) is 0 Å². The van der Waals surface area contributed by atoms with Crippen molar-refractivity contribution in [3.63, 3.8) is 0 Å². The maximum absolute atomic E-state index is 12.3. The van der Waals surface area contributed by atoms with Crippen LogP contribution in [0.4, 0.5) is 0 Å². The van der Waals surface area contributed by atoms with Crippen molar-refractivity contribution in [3.05, 3.63) is 35.4 Å². The van der Waals surface area contributed by atoms with Gasteiger partial charge in [-0.2, -0.15) is 0 Å². The van der Waals surface area contributed by atoms with Gasteiger partial charge in [0, 0.05) is 20.1 Å². The van der Waals surface area contributed by atoms with Crippen molar-refractivity contribution in [3.8, 4) is 0 Å². The van der Waals surface area contributed by atoms with E-state index in [-0.39, 0.29) is 11.7 Å². The summed E-state index contributed by atoms with van der Waals surface area (Å²) < 4.78 is 21.7. The summed E-state index contributed by atoms with van der Waals surface area (Å²) in [7, 11) is -1.10. The van der Waals surface area contributed by atoms with E-state index in [4.69, 9.17) is 20.6 Å². The zero-order valence-electron chi connectivity index (χ0n) is 10.8. The molecule has 104 valence electrons. The Bertz CT molecular complexity index is 498. The Balaban J connectivity index is 2.13. The van der Waals surface area contributed by atoms with Crippen LogP contribution in [-0.2, 0) is 31.2 Å². The predicted molar refractivity (Wildman–Crippen MR) is 73.6 cm³/mol. The van der Waals surface area contributed by atoms with Gasteiger partial charge in [0.05, 0.1) is 0 Å². The molecule has 1 atom stereocenters. The lowest BCUT2D eigenvalue weighted by Crippen LogP contribution is -2.25. The van der Waals surface area contributed by atoms with Gasteiger partial charge in [0.25, 0.3) is 0 Å². The highest BCUT2D eigenvalue weighted by atomic mass is 35.5. The lowest BCUT2D eigenvalue weighted by molar-refractivity contribution is -0.121. The second-order valence-corrected chi connectivity index (χ2v) is 7.58. The molecule has 4 nitrogen and oxygen atoms in total. The molecule has 0 saturated carbocycles. The molecule has 0 bridgehead atoms. The van der Waals surface area contributed by atoms with Crippen molar-refractivity contribution in [1.29, 1.82) is 0 Å². The largest absolute Gasteiger partial charge is 0.355 e. The normalized spacial score (nSPS) is 17.2. The molecular formula is C13H16ClO4P. The minimum absolute atomic E-state index is 0.251. The first-order valence-electron chi connectivity index (χ1n) is 5.97. The summed E-state index contributed by atoms with van der Waals surface area (Å²) >= 11 is 6.00. The first-order valence-corrected chi connectivity index (χ1v) is 8.02. The van der Waals surface area contributed by atoms with Gasteiger partial charge in [-0.05, 0) is 24.0 Å². The average Bonchev–Trinajstić information content (AvgIpc) is 2.88. The summed E-state index contributed by atoms with van der Waals surface area (Å²) in [6.45, 7) is 0. The van der Waals surface area contributed by atoms with Gasteiger partial charge in [-0.15, -0.1) is 11.6 Å². The van der Waals surface area contributed by atoms with Crippen molar-refractivity contribution in [2.24, 2.45) is 5.92 Å². The Morgan fingerprint density at radius 3 is 2.16 bits per heavy atom. The second-order valence-electron chi connectivity index (χ2n) is 4.52. The molecule has 1 aromatic rings. The molecule has 0 aliphatic heterocycles. The van der Waals surface area contributed by atoms with Crippen molar-refractivity contribution in [2.75, 3.05) is 14.2 Å². The minimum atomic E-state index is -3.56. The van der Waals surface area contributed by atoms with E-state index in [1.807, 2.05) is 24.3 Å². The van der Waals surface area contributed by atoms with Crippen LogP contribution in [0.1, 0.15) is 11.1 Å². The van der Waals surface area contributed by atoms with Crippen molar-refractivity contribution in [2.45, 2.75) is 18.0 Å². The summed E-state index contributed by atoms with van der Waals surface area (Å²) in [5, 5.41) is -1.25. The van der Waals surface area contributed by atoms with Gasteiger partial charge >= 0.3 is 7.60 Å². The number of halogens is 1. The molecule has 6 heteroatoms. The fraction of sp³-hybridized carbons (Fsp3) is 0.462. The van der Waals surface area contributed by atoms with Gasteiger partial charge in [-0.1, -0.05) is 24.3 Å². The Morgan fingerprint density at radius 2 is 1.74 bits per heavy atom. The summed E-state index contributed by atoms with van der Waals surface area (Å²) in [5.41, 5.74) is 2.30. The van der Waals surface area contributed by atoms with Crippen LogP contribution < -0.4 is 0 Å². The molecule has 2 rings (SSSR count). The average molecular weight is 303 g/mol. The van der Waals surface area contributed by atoms with E-state index >= 15 is 0 Å². The van der Waals surface area contributed by atoms with Crippen molar-refractivity contribution >= 4 is 25.0 Å². The molecule has 1 unspecified atom stereocenters. The third-order valence-corrected chi connectivity index (χ3v) is 6.23. The topological polar surface area (TPSA) is 52.6 Å². The summed E-state index contributed by atoms with van der Waals surface area (Å²) in [6, 6.07) is 7.88. The standard InChI is InChI=1S/C13H16ClO4P/c1-17-19(16,18-2)13(14)12(15)11-7-9-5-3-4-6-10(9)8-11/h3-6,11,13H,7-8H2,1-2H3. The molecule has 0 heterocycles. The minimum Gasteiger partial charge on any atom is -0.311 e. The first-order chi connectivity index (χ1) is 9.01. The monoisotopic (exact) mass is 302 g/mol. The number of carbonyl (C=O) groups excluding carboxylic acids is 1. The molecule has 0 amide bonds. The van der Waals surface area contributed by atoms with Gasteiger partial charge in [-0.25, -0.2) is 0 Å². The Hall–Kier alpha value is -0.670. The third kappa shape index (κ3) is 2.77. The number of hydrogen-bond acceptors (Lipinski definition) is 4. The highest BCUT2D eigenvalue weighted by molar-refractivity contribution is 7.57. The molecule has 1 aliphatic rings. The van der Waals surface area contributed by atoms with Crippen LogP contribution in [-0.4, -0.2) is 25.1 Å². The third-order valence-electron chi connectivity index (χ3n) is 3.47. The highest BCUT2D eigenvalue weighted by Crippen LogP contribution is 2.54. The van der Waals surface area contributed by atoms with Gasteiger partial charge in [0.2, 0.25) is 0 Å². The van der Waals surface area contributed by atoms with E-state index in [1.54, 1.807) is 0 Å². The number of hydrogen-bond donors (Lipinski definition) is 0. The zero-order chi connectivity index (χ0) is 14.0. The highest BCUT2D eigenvalue weighted by Gasteiger charge is 2.42. The first kappa shape index (κ1) is 14.7. The predicted octanol–water partition coefficient (Wildman–Crippen LogP) is 3.02. The van der Waals surface area contributed by atoms with E-state index in [0.717, 1.165) is 11.1 Å². The number of rotatable bonds is 5. The molecule has 0 saturated heterocycles. The Morgan fingerprint density at radius 1 is 1.26 bits per heavy atom. The van der Waals surface area contributed by atoms with Crippen LogP contribution in [0.3, 0.4) is 0 Å². The lowest BCUT2D eigenvalue weighted by atomic mass is 10.0. The fourth-order valence-electron chi connectivity index (χ4n) is 2.37. The quantitative estimate of drug-likeness (QED) is 0.620. The van der Waals surface area contributed by atoms with Crippen LogP contribution >= 0.6 is 19.2 Å². The van der Waals surface area contributed by atoms with Crippen molar-refractivity contribution in [1.82, 2.24) is 0 Å². The van der Waals surface area contributed by atoms with Gasteiger partial charge in [0.15, 0.2) is 10.9 Å². The van der Waals surface area contributed by atoms with Crippen LogP contribution in [0.15, 0.2) is 24.3 Å². The van der Waals surface area contributed by atoms with Gasteiger partial charge in [0.1, 0.15) is 0 Å². The molecule has 0 radical (unpaired) electrons. The van der Waals surface area contributed by atoms with E-state index in [1.165, 1.54) is 14.2 Å². The summed E-state index contributed by atoms with van der Waals surface area (Å²) in [5.74, 6) is -0.525. The molecular weight excluding hydrogens is 287 g/mol. The fourth-order valence-corrected chi connectivity index (χ4v) is 4.07. The SMILES string of the molecule is COP(=O)(OC)C(Cl)C(=O)C1Cc2ccccc2C1. The number of carbonyl (C=O) groups is 1. The molecule has 0 fully saturated rings. The van der Waals surface area contributed by atoms with E-state index in [0.29, 0.717) is 12.8 Å². The molecule has 19 heavy (non-hydrogen) atoms. The second kappa shape index (κ2) is 5.76. The van der Waals surface area contributed by atoms with E-state index in [9.17, 15) is 9.36 Å². The number of benzene rings is 1. The Labute approximate surface area is 117 Å². The van der Waals surface area contributed by atoms with E-state index in [2.05, 4.69) is 0 Å². The number of alkyl halides is 1. The molecule has 1 aromatic carbocycles.